The van der Waals surface area contributed by atoms with Crippen molar-refractivity contribution in [1.82, 2.24) is 14.0 Å². The predicted molar refractivity (Wildman–Crippen MR) is 129 cm³/mol. The molecule has 0 spiro atoms. The zero-order chi connectivity index (χ0) is 24.5. The molecule has 1 amide bonds. The van der Waals surface area contributed by atoms with E-state index >= 15 is 0 Å². The van der Waals surface area contributed by atoms with Crippen molar-refractivity contribution in [2.75, 3.05) is 5.32 Å². The summed E-state index contributed by atoms with van der Waals surface area (Å²) in [7, 11) is 0. The van der Waals surface area contributed by atoms with Gasteiger partial charge in [0.25, 0.3) is 11.5 Å². The lowest BCUT2D eigenvalue weighted by Gasteiger charge is -2.13. The summed E-state index contributed by atoms with van der Waals surface area (Å²) in [5.74, 6) is -1.96. The van der Waals surface area contributed by atoms with Crippen molar-refractivity contribution in [3.05, 3.63) is 100 Å². The summed E-state index contributed by atoms with van der Waals surface area (Å²) >= 11 is 0. The minimum atomic E-state index is -1.15. The molecule has 9 heteroatoms. The van der Waals surface area contributed by atoms with Gasteiger partial charge < -0.3 is 10.4 Å². The lowest BCUT2D eigenvalue weighted by molar-refractivity contribution is -0.132. The number of aromatic nitrogens is 3. The molecule has 0 atom stereocenters. The summed E-state index contributed by atoms with van der Waals surface area (Å²) in [6.45, 7) is -0.176. The van der Waals surface area contributed by atoms with Gasteiger partial charge in [-0.3, -0.25) is 23.4 Å². The highest BCUT2D eigenvalue weighted by molar-refractivity contribution is 6.14. The summed E-state index contributed by atoms with van der Waals surface area (Å²) in [6.07, 6.45) is 7.44. The molecular weight excluding hydrogens is 448 g/mol. The van der Waals surface area contributed by atoms with E-state index in [1.807, 2.05) is 12.1 Å². The molecule has 0 bridgehead atoms. The molecule has 2 aromatic carbocycles. The number of benzene rings is 2. The summed E-state index contributed by atoms with van der Waals surface area (Å²) in [6, 6.07) is 13.4. The number of carbonyl (C=O) groups excluding carboxylic acids is 2. The van der Waals surface area contributed by atoms with Crippen molar-refractivity contribution in [3.8, 4) is 0 Å². The van der Waals surface area contributed by atoms with E-state index in [4.69, 9.17) is 0 Å². The highest BCUT2D eigenvalue weighted by Gasteiger charge is 2.22. The first kappa shape index (κ1) is 22.0. The monoisotopic (exact) mass is 468 g/mol. The number of carboxylic acid groups (broad SMARTS) is 1. The molecule has 4 aromatic rings. The third-order valence-corrected chi connectivity index (χ3v) is 5.93. The molecule has 0 unspecified atom stereocenters. The Morgan fingerprint density at radius 2 is 1.69 bits per heavy atom. The Morgan fingerprint density at radius 1 is 0.971 bits per heavy atom. The molecule has 1 aliphatic carbocycles. The minimum absolute atomic E-state index is 0.0208. The first-order valence-corrected chi connectivity index (χ1v) is 11.0. The van der Waals surface area contributed by atoms with Crippen LogP contribution in [-0.4, -0.2) is 36.7 Å². The number of aliphatic carboxylic acids is 1. The quantitative estimate of drug-likeness (QED) is 0.419. The second-order valence-corrected chi connectivity index (χ2v) is 8.10. The molecule has 1 aliphatic rings. The van der Waals surface area contributed by atoms with Gasteiger partial charge in [-0.1, -0.05) is 24.3 Å². The number of fused-ring (bicyclic) bond motifs is 3. The molecule has 0 saturated carbocycles. The van der Waals surface area contributed by atoms with E-state index in [0.29, 0.717) is 40.6 Å². The van der Waals surface area contributed by atoms with Crippen LogP contribution in [0.1, 0.15) is 23.2 Å². The van der Waals surface area contributed by atoms with E-state index in [1.54, 1.807) is 59.4 Å². The Kier molecular flexibility index (Phi) is 5.58. The van der Waals surface area contributed by atoms with E-state index in [-0.39, 0.29) is 29.0 Å². The average Bonchev–Trinajstić information content (AvgIpc) is 3.37. The van der Waals surface area contributed by atoms with E-state index in [9.17, 15) is 24.3 Å². The van der Waals surface area contributed by atoms with Gasteiger partial charge in [-0.15, -0.1) is 0 Å². The fraction of sp³-hybridized carbons (Fsp3) is 0.115. The number of allylic oxidation sites excluding steroid dienone is 2. The van der Waals surface area contributed by atoms with Crippen molar-refractivity contribution in [3.63, 3.8) is 0 Å². The van der Waals surface area contributed by atoms with Crippen molar-refractivity contribution in [1.29, 1.82) is 0 Å². The van der Waals surface area contributed by atoms with Crippen LogP contribution in [0.5, 0.6) is 0 Å². The zero-order valence-corrected chi connectivity index (χ0v) is 18.5. The van der Waals surface area contributed by atoms with Crippen molar-refractivity contribution in [2.24, 2.45) is 0 Å². The molecule has 2 heterocycles. The molecule has 0 aliphatic heterocycles. The number of ketones is 1. The Morgan fingerprint density at radius 3 is 2.43 bits per heavy atom. The molecule has 5 rings (SSSR count). The van der Waals surface area contributed by atoms with Crippen LogP contribution in [0.25, 0.3) is 16.6 Å². The maximum absolute atomic E-state index is 13.1. The van der Waals surface area contributed by atoms with Crippen molar-refractivity contribution >= 4 is 39.9 Å². The molecule has 0 fully saturated rings. The summed E-state index contributed by atoms with van der Waals surface area (Å²) in [5, 5.41) is 12.5. The standard InChI is InChI=1S/C26H20N4O5/c31-22(14-29-23-13-27-15-30(23)21-8-4-3-7-20(21)25(29)33)16-9-11-17(12-10-16)28-24(32)18-5-1-2-6-19(18)26(34)35/h3-13,15H,1-2,14H2,(H,28,32)(H,34,35). The summed E-state index contributed by atoms with van der Waals surface area (Å²) in [5.41, 5.74) is 1.81. The van der Waals surface area contributed by atoms with Crippen LogP contribution in [0.15, 0.2) is 89.1 Å². The number of anilines is 1. The third kappa shape index (κ3) is 4.04. The number of Topliss-reactive ketones (excluding diaryl/α,β-unsaturated/α-hetero) is 1. The largest absolute Gasteiger partial charge is 0.478 e. The topological polar surface area (TPSA) is 123 Å². The number of carboxylic acids is 1. The van der Waals surface area contributed by atoms with Gasteiger partial charge in [-0.2, -0.15) is 0 Å². The van der Waals surface area contributed by atoms with Crippen LogP contribution < -0.4 is 10.9 Å². The number of nitrogens with zero attached hydrogens (tertiary/aromatic N) is 3. The lowest BCUT2D eigenvalue weighted by atomic mass is 9.97. The highest BCUT2D eigenvalue weighted by atomic mass is 16.4. The molecule has 9 nitrogen and oxygen atoms in total. The maximum atomic E-state index is 13.1. The lowest BCUT2D eigenvalue weighted by Crippen LogP contribution is -2.26. The normalized spacial score (nSPS) is 13.4. The van der Waals surface area contributed by atoms with Crippen LogP contribution in [-0.2, 0) is 16.1 Å². The van der Waals surface area contributed by atoms with Crippen molar-refractivity contribution < 1.29 is 19.5 Å². The van der Waals surface area contributed by atoms with Gasteiger partial charge in [0.05, 0.1) is 29.2 Å². The zero-order valence-electron chi connectivity index (χ0n) is 18.5. The van der Waals surface area contributed by atoms with Gasteiger partial charge >= 0.3 is 5.97 Å². The van der Waals surface area contributed by atoms with Gasteiger partial charge in [0.1, 0.15) is 12.0 Å². The van der Waals surface area contributed by atoms with E-state index in [0.717, 1.165) is 0 Å². The SMILES string of the molecule is O=C(O)C1=CCCC=C1C(=O)Nc1ccc(C(=O)Cn2c(=O)c3ccccc3n3cncc23)cc1. The first-order valence-electron chi connectivity index (χ1n) is 11.0. The Hall–Kier alpha value is -4.79. The molecule has 174 valence electrons. The highest BCUT2D eigenvalue weighted by Crippen LogP contribution is 2.21. The van der Waals surface area contributed by atoms with E-state index in [2.05, 4.69) is 10.3 Å². The number of hydrogen-bond acceptors (Lipinski definition) is 5. The smallest absolute Gasteiger partial charge is 0.336 e. The number of para-hydroxylation sites is 1. The van der Waals surface area contributed by atoms with Crippen molar-refractivity contribution in [2.45, 2.75) is 19.4 Å². The second-order valence-electron chi connectivity index (χ2n) is 8.10. The fourth-order valence-electron chi connectivity index (χ4n) is 4.21. The number of imidazole rings is 1. The predicted octanol–water partition coefficient (Wildman–Crippen LogP) is 3.20. The molecule has 0 radical (unpaired) electrons. The van der Waals surface area contributed by atoms with Crippen LogP contribution in [0.3, 0.4) is 0 Å². The molecule has 2 N–H and O–H groups in total. The van der Waals surface area contributed by atoms with Gasteiger partial charge in [0, 0.05) is 16.8 Å². The second kappa shape index (κ2) is 8.86. The van der Waals surface area contributed by atoms with Gasteiger partial charge in [-0.05, 0) is 49.2 Å². The minimum Gasteiger partial charge on any atom is -0.478 e. The number of nitrogens with one attached hydrogen (secondary N) is 1. The average molecular weight is 468 g/mol. The van der Waals surface area contributed by atoms with E-state index < -0.39 is 11.9 Å². The van der Waals surface area contributed by atoms with E-state index in [1.165, 1.54) is 10.6 Å². The summed E-state index contributed by atoms with van der Waals surface area (Å²) in [4.78, 5) is 54.2. The third-order valence-electron chi connectivity index (χ3n) is 5.93. The number of carbonyl (C=O) groups is 3. The first-order chi connectivity index (χ1) is 16.9. The molecular formula is C26H20N4O5. The van der Waals surface area contributed by atoms with Crippen LogP contribution in [0.4, 0.5) is 5.69 Å². The van der Waals surface area contributed by atoms with Gasteiger partial charge in [-0.25, -0.2) is 9.78 Å². The number of rotatable bonds is 6. The molecule has 2 aromatic heterocycles. The van der Waals surface area contributed by atoms with Crippen LogP contribution in [0, 0.1) is 0 Å². The Bertz CT molecular complexity index is 1620. The van der Waals surface area contributed by atoms with Crippen LogP contribution >= 0.6 is 0 Å². The van der Waals surface area contributed by atoms with Gasteiger partial charge in [0.15, 0.2) is 5.78 Å². The molecule has 0 saturated heterocycles. The van der Waals surface area contributed by atoms with Gasteiger partial charge in [0.2, 0.25) is 0 Å². The fourth-order valence-corrected chi connectivity index (χ4v) is 4.21. The number of amides is 1. The Balaban J connectivity index is 1.36. The summed E-state index contributed by atoms with van der Waals surface area (Å²) < 4.78 is 3.16. The maximum Gasteiger partial charge on any atom is 0.336 e. The number of hydrogen-bond donors (Lipinski definition) is 2. The Labute approximate surface area is 198 Å². The van der Waals surface area contributed by atoms with Crippen LogP contribution in [0.2, 0.25) is 0 Å². The molecule has 35 heavy (non-hydrogen) atoms.